The molecule has 0 aromatic heterocycles. The molecule has 30 heavy (non-hydrogen) atoms. The van der Waals surface area contributed by atoms with Crippen molar-refractivity contribution in [2.75, 3.05) is 49.7 Å². The Morgan fingerprint density at radius 2 is 1.87 bits per heavy atom. The van der Waals surface area contributed by atoms with Gasteiger partial charge in [0.2, 0.25) is 5.91 Å². The van der Waals surface area contributed by atoms with Gasteiger partial charge in [0.05, 0.1) is 36.9 Å². The van der Waals surface area contributed by atoms with E-state index >= 15 is 0 Å². The minimum absolute atomic E-state index is 0.00593. The minimum atomic E-state index is -0.532. The number of fused-ring (bicyclic) bond motifs is 2. The van der Waals surface area contributed by atoms with E-state index in [0.717, 1.165) is 28.6 Å². The maximum Gasteiger partial charge on any atom is 0.411 e. The van der Waals surface area contributed by atoms with Crippen molar-refractivity contribution >= 4 is 40.8 Å². The van der Waals surface area contributed by atoms with E-state index in [1.807, 2.05) is 36.4 Å². The predicted octanol–water partition coefficient (Wildman–Crippen LogP) is 4.11. The van der Waals surface area contributed by atoms with Crippen molar-refractivity contribution in [3.05, 3.63) is 42.5 Å². The lowest BCUT2D eigenvalue weighted by atomic mass is 10.1. The molecule has 7 nitrogen and oxygen atoms in total. The van der Waals surface area contributed by atoms with Gasteiger partial charge in [-0.05, 0) is 31.2 Å². The fourth-order valence-corrected chi connectivity index (χ4v) is 4.72. The highest BCUT2D eigenvalue weighted by molar-refractivity contribution is 7.99. The molecule has 2 aliphatic rings. The third kappa shape index (κ3) is 4.45. The summed E-state index contributed by atoms with van der Waals surface area (Å²) in [5, 5.41) is 2.80. The van der Waals surface area contributed by atoms with E-state index in [0.29, 0.717) is 37.6 Å². The topological polar surface area (TPSA) is 71.1 Å². The molecule has 0 radical (unpaired) electrons. The summed E-state index contributed by atoms with van der Waals surface area (Å²) in [5.74, 6) is -0.00593. The number of morpholine rings is 1. The van der Waals surface area contributed by atoms with E-state index in [4.69, 9.17) is 9.47 Å². The van der Waals surface area contributed by atoms with Gasteiger partial charge in [0.1, 0.15) is 0 Å². The molecule has 1 fully saturated rings. The first-order valence-electron chi connectivity index (χ1n) is 10.1. The Morgan fingerprint density at radius 3 is 2.67 bits per heavy atom. The summed E-state index contributed by atoms with van der Waals surface area (Å²) in [7, 11) is 0. The van der Waals surface area contributed by atoms with Crippen molar-refractivity contribution < 1.29 is 19.1 Å². The van der Waals surface area contributed by atoms with Gasteiger partial charge in [-0.3, -0.25) is 19.9 Å². The van der Waals surface area contributed by atoms with Crippen LogP contribution in [0.15, 0.2) is 52.3 Å². The predicted molar refractivity (Wildman–Crippen MR) is 117 cm³/mol. The number of amides is 2. The molecule has 8 heteroatoms. The first-order chi connectivity index (χ1) is 14.7. The van der Waals surface area contributed by atoms with Crippen molar-refractivity contribution in [2.24, 2.45) is 0 Å². The molecule has 2 heterocycles. The molecule has 158 valence electrons. The fraction of sp³-hybridized carbons (Fsp3) is 0.364. The van der Waals surface area contributed by atoms with Crippen molar-refractivity contribution in [1.82, 2.24) is 4.90 Å². The first kappa shape index (κ1) is 20.7. The van der Waals surface area contributed by atoms with Gasteiger partial charge in [0.25, 0.3) is 0 Å². The Balaban J connectivity index is 1.65. The lowest BCUT2D eigenvalue weighted by Gasteiger charge is -2.33. The smallest absolute Gasteiger partial charge is 0.411 e. The molecule has 0 aliphatic carbocycles. The molecule has 0 saturated carbocycles. The van der Waals surface area contributed by atoms with Gasteiger partial charge in [-0.2, -0.15) is 0 Å². The molecule has 2 aromatic carbocycles. The number of nitrogens with zero attached hydrogens (tertiary/aromatic N) is 2. The largest absolute Gasteiger partial charge is 0.450 e. The van der Waals surface area contributed by atoms with Crippen LogP contribution >= 0.6 is 11.8 Å². The zero-order valence-corrected chi connectivity index (χ0v) is 17.7. The number of carbonyl (C=O) groups excluding carboxylic acids is 2. The second-order valence-electron chi connectivity index (χ2n) is 7.00. The molecule has 1 N–H and O–H groups in total. The third-order valence-electron chi connectivity index (χ3n) is 5.06. The molecular weight excluding hydrogens is 402 g/mol. The van der Waals surface area contributed by atoms with E-state index in [9.17, 15) is 9.59 Å². The van der Waals surface area contributed by atoms with Crippen molar-refractivity contribution in [2.45, 2.75) is 23.1 Å². The standard InChI is InChI=1S/C22H25N3O4S/c1-2-29-22(27)23-16-6-5-9-19-21(16)25(17-7-3-4-8-18(17)30-19)20(26)10-11-24-12-14-28-15-13-24/h3-9H,2,10-15H2,1H3,(H,23,27). The Hall–Kier alpha value is -2.55. The first-order valence-corrected chi connectivity index (χ1v) is 11.0. The van der Waals surface area contributed by atoms with Crippen LogP contribution in [0, 0.1) is 0 Å². The summed E-state index contributed by atoms with van der Waals surface area (Å²) in [6, 6.07) is 13.5. The van der Waals surface area contributed by atoms with Crippen molar-refractivity contribution in [3.63, 3.8) is 0 Å². The van der Waals surface area contributed by atoms with Crippen LogP contribution in [0.4, 0.5) is 21.9 Å². The summed E-state index contributed by atoms with van der Waals surface area (Å²) in [6.07, 6.45) is -0.151. The monoisotopic (exact) mass is 427 g/mol. The van der Waals surface area contributed by atoms with Crippen LogP contribution in [0.1, 0.15) is 13.3 Å². The molecule has 2 aromatic rings. The van der Waals surface area contributed by atoms with Gasteiger partial charge in [0, 0.05) is 35.8 Å². The normalized spacial score (nSPS) is 15.8. The Kier molecular flexibility index (Phi) is 6.56. The lowest BCUT2D eigenvalue weighted by molar-refractivity contribution is -0.118. The van der Waals surface area contributed by atoms with Crippen LogP contribution in [0.5, 0.6) is 0 Å². The highest BCUT2D eigenvalue weighted by atomic mass is 32.2. The quantitative estimate of drug-likeness (QED) is 0.775. The van der Waals surface area contributed by atoms with Crippen LogP contribution in [-0.4, -0.2) is 56.4 Å². The van der Waals surface area contributed by atoms with Crippen molar-refractivity contribution in [3.8, 4) is 0 Å². The number of anilines is 3. The number of nitrogens with one attached hydrogen (secondary N) is 1. The summed E-state index contributed by atoms with van der Waals surface area (Å²) in [4.78, 5) is 31.5. The number of rotatable bonds is 5. The SMILES string of the molecule is CCOC(=O)Nc1cccc2c1N(C(=O)CCN1CCOCC1)c1ccccc1S2. The summed E-state index contributed by atoms with van der Waals surface area (Å²) in [6.45, 7) is 5.80. The van der Waals surface area contributed by atoms with E-state index < -0.39 is 6.09 Å². The van der Waals surface area contributed by atoms with Gasteiger partial charge in [-0.15, -0.1) is 0 Å². The van der Waals surface area contributed by atoms with E-state index in [1.54, 1.807) is 29.7 Å². The molecular formula is C22H25N3O4S. The summed E-state index contributed by atoms with van der Waals surface area (Å²) < 4.78 is 10.4. The molecule has 1 saturated heterocycles. The summed E-state index contributed by atoms with van der Waals surface area (Å²) >= 11 is 1.59. The molecule has 0 atom stereocenters. The van der Waals surface area contributed by atoms with Crippen molar-refractivity contribution in [1.29, 1.82) is 0 Å². The van der Waals surface area contributed by atoms with Gasteiger partial charge >= 0.3 is 6.09 Å². The van der Waals surface area contributed by atoms with Crippen LogP contribution in [-0.2, 0) is 14.3 Å². The highest BCUT2D eigenvalue weighted by Crippen LogP contribution is 2.51. The molecule has 0 unspecified atom stereocenters. The van der Waals surface area contributed by atoms with Crippen LogP contribution < -0.4 is 10.2 Å². The number of ether oxygens (including phenoxy) is 2. The lowest BCUT2D eigenvalue weighted by Crippen LogP contribution is -2.39. The molecule has 4 rings (SSSR count). The Labute approximate surface area is 180 Å². The number of para-hydroxylation sites is 2. The average molecular weight is 428 g/mol. The van der Waals surface area contributed by atoms with E-state index in [-0.39, 0.29) is 12.5 Å². The Bertz CT molecular complexity index is 930. The number of hydrogen-bond donors (Lipinski definition) is 1. The van der Waals surface area contributed by atoms with Gasteiger partial charge in [0.15, 0.2) is 0 Å². The molecule has 2 amide bonds. The number of hydrogen-bond acceptors (Lipinski definition) is 6. The molecule has 0 spiro atoms. The second kappa shape index (κ2) is 9.51. The summed E-state index contributed by atoms with van der Waals surface area (Å²) in [5.41, 5.74) is 2.09. The van der Waals surface area contributed by atoms with E-state index in [2.05, 4.69) is 10.2 Å². The van der Waals surface area contributed by atoms with Crippen LogP contribution in [0.3, 0.4) is 0 Å². The molecule has 2 aliphatic heterocycles. The number of benzene rings is 2. The highest BCUT2D eigenvalue weighted by Gasteiger charge is 2.31. The average Bonchev–Trinajstić information content (AvgIpc) is 2.77. The second-order valence-corrected chi connectivity index (χ2v) is 8.08. The zero-order chi connectivity index (χ0) is 20.9. The maximum atomic E-state index is 13.4. The van der Waals surface area contributed by atoms with Crippen LogP contribution in [0.2, 0.25) is 0 Å². The van der Waals surface area contributed by atoms with Gasteiger partial charge in [-0.25, -0.2) is 4.79 Å². The third-order valence-corrected chi connectivity index (χ3v) is 6.17. The molecule has 0 bridgehead atoms. The minimum Gasteiger partial charge on any atom is -0.450 e. The van der Waals surface area contributed by atoms with E-state index in [1.165, 1.54) is 0 Å². The zero-order valence-electron chi connectivity index (χ0n) is 16.9. The van der Waals surface area contributed by atoms with Gasteiger partial charge < -0.3 is 9.47 Å². The Morgan fingerprint density at radius 1 is 1.10 bits per heavy atom. The fourth-order valence-electron chi connectivity index (χ4n) is 3.63. The number of carbonyl (C=O) groups is 2. The van der Waals surface area contributed by atoms with Gasteiger partial charge in [-0.1, -0.05) is 30.0 Å². The van der Waals surface area contributed by atoms with Crippen LogP contribution in [0.25, 0.3) is 0 Å². The maximum absolute atomic E-state index is 13.4.